The van der Waals surface area contributed by atoms with E-state index in [2.05, 4.69) is 38.2 Å². The summed E-state index contributed by atoms with van der Waals surface area (Å²) in [6, 6.07) is 0. The third-order valence-corrected chi connectivity index (χ3v) is 16.0. The number of quaternary nitrogens is 1. The third kappa shape index (κ3) is 63.4. The van der Waals surface area contributed by atoms with Gasteiger partial charge in [0.25, 0.3) is 6.29 Å². The highest BCUT2D eigenvalue weighted by atomic mass is 16.7. The van der Waals surface area contributed by atoms with Crippen LogP contribution in [0.3, 0.4) is 0 Å². The summed E-state index contributed by atoms with van der Waals surface area (Å²) in [5.74, 6) is -1.98. The van der Waals surface area contributed by atoms with Crippen molar-refractivity contribution in [3.8, 4) is 0 Å². The Morgan fingerprint density at radius 3 is 0.988 bits per heavy atom. The van der Waals surface area contributed by atoms with Crippen molar-refractivity contribution in [1.82, 2.24) is 0 Å². The Morgan fingerprint density at radius 1 is 0.375 bits per heavy atom. The summed E-state index contributed by atoms with van der Waals surface area (Å²) in [7, 11) is 5.99. The van der Waals surface area contributed by atoms with Gasteiger partial charge in [-0.15, -0.1) is 0 Å². The van der Waals surface area contributed by atoms with E-state index in [0.29, 0.717) is 17.4 Å². The zero-order chi connectivity index (χ0) is 58.3. The van der Waals surface area contributed by atoms with Gasteiger partial charge in [-0.2, -0.15) is 0 Å². The Bertz CT molecular complexity index is 1360. The second kappa shape index (κ2) is 62.8. The molecule has 0 aliphatic heterocycles. The van der Waals surface area contributed by atoms with E-state index in [1.807, 2.05) is 21.1 Å². The number of carboxylic acid groups (broad SMARTS) is 1. The van der Waals surface area contributed by atoms with Crippen molar-refractivity contribution < 1.29 is 42.9 Å². The van der Waals surface area contributed by atoms with Gasteiger partial charge in [0.2, 0.25) is 0 Å². The number of nitrogens with zero attached hydrogens (tertiary/aromatic N) is 1. The van der Waals surface area contributed by atoms with E-state index in [1.165, 1.54) is 283 Å². The fraction of sp³-hybridized carbons (Fsp3) is 0.901. The van der Waals surface area contributed by atoms with Gasteiger partial charge in [-0.05, 0) is 44.9 Å². The lowest BCUT2D eigenvalue weighted by molar-refractivity contribution is -0.870. The number of rotatable bonds is 66. The minimum atomic E-state index is -1.51. The molecule has 0 rings (SSSR count). The maximum absolute atomic E-state index is 12.9. The molecule has 0 heterocycles. The molecule has 80 heavy (non-hydrogen) atoms. The van der Waals surface area contributed by atoms with Crippen molar-refractivity contribution in [2.75, 3.05) is 47.5 Å². The number of carbonyl (C=O) groups excluding carboxylic acids is 2. The summed E-state index contributed by atoms with van der Waals surface area (Å²) in [5, 5.41) is 9.74. The van der Waals surface area contributed by atoms with Crippen LogP contribution in [0, 0.1) is 0 Å². The lowest BCUT2D eigenvalue weighted by Crippen LogP contribution is -2.40. The van der Waals surface area contributed by atoms with E-state index in [4.69, 9.17) is 18.9 Å². The fourth-order valence-electron chi connectivity index (χ4n) is 10.6. The molecule has 9 nitrogen and oxygen atoms in total. The molecule has 0 amide bonds. The Morgan fingerprint density at radius 2 is 0.675 bits per heavy atom. The summed E-state index contributed by atoms with van der Waals surface area (Å²) >= 11 is 0. The topological polar surface area (TPSA) is 108 Å². The molecule has 0 aromatic heterocycles. The van der Waals surface area contributed by atoms with Gasteiger partial charge in [0.15, 0.2) is 6.10 Å². The highest BCUT2D eigenvalue weighted by Gasteiger charge is 2.25. The molecule has 0 fully saturated rings. The van der Waals surface area contributed by atoms with Crippen molar-refractivity contribution in [3.05, 3.63) is 24.3 Å². The van der Waals surface area contributed by atoms with Crippen molar-refractivity contribution in [3.63, 3.8) is 0 Å². The number of carbonyl (C=O) groups is 3. The lowest BCUT2D eigenvalue weighted by Gasteiger charge is -2.25. The van der Waals surface area contributed by atoms with E-state index in [-0.39, 0.29) is 38.2 Å². The SMILES string of the molecule is CCCCCCC/C=C\C/C=C\CCCCCCCCCCCCCCCC(=O)OC(COC(=O)CCCCCCCCCCCCCCCCCCCCCCCCCCCCCCCC)COC(OCC[N+](C)(C)C)C(=O)O. The maximum atomic E-state index is 12.9. The summed E-state index contributed by atoms with van der Waals surface area (Å²) in [4.78, 5) is 37.6. The van der Waals surface area contributed by atoms with E-state index in [9.17, 15) is 19.5 Å². The molecule has 0 saturated carbocycles. The molecule has 9 heteroatoms. The Balaban J connectivity index is 4.06. The normalized spacial score (nSPS) is 12.8. The lowest BCUT2D eigenvalue weighted by atomic mass is 10.0. The number of hydrogen-bond donors (Lipinski definition) is 1. The van der Waals surface area contributed by atoms with Crippen molar-refractivity contribution >= 4 is 17.9 Å². The van der Waals surface area contributed by atoms with Crippen LogP contribution in [0.1, 0.15) is 354 Å². The smallest absolute Gasteiger partial charge is 0.361 e. The fourth-order valence-corrected chi connectivity index (χ4v) is 10.6. The van der Waals surface area contributed by atoms with Crippen LogP contribution in [-0.2, 0) is 33.3 Å². The monoisotopic (exact) mass is 1130 g/mol. The van der Waals surface area contributed by atoms with Crippen LogP contribution < -0.4 is 0 Å². The molecule has 0 aliphatic rings. The summed E-state index contributed by atoms with van der Waals surface area (Å²) < 4.78 is 23.0. The van der Waals surface area contributed by atoms with Crippen molar-refractivity contribution in [2.45, 2.75) is 367 Å². The summed E-state index contributed by atoms with van der Waals surface area (Å²) in [5.41, 5.74) is 0. The number of likely N-dealkylation sites (N-methyl/N-ethyl adjacent to an activating group) is 1. The van der Waals surface area contributed by atoms with Gasteiger partial charge in [-0.25, -0.2) is 4.79 Å². The minimum Gasteiger partial charge on any atom is -0.477 e. The highest BCUT2D eigenvalue weighted by Crippen LogP contribution is 2.19. The molecule has 0 bridgehead atoms. The second-order valence-corrected chi connectivity index (χ2v) is 25.2. The highest BCUT2D eigenvalue weighted by molar-refractivity contribution is 5.71. The predicted molar refractivity (Wildman–Crippen MR) is 341 cm³/mol. The van der Waals surface area contributed by atoms with Crippen LogP contribution in [0.2, 0.25) is 0 Å². The average molecular weight is 1130 g/mol. The van der Waals surface area contributed by atoms with E-state index >= 15 is 0 Å². The van der Waals surface area contributed by atoms with Crippen LogP contribution in [0.4, 0.5) is 0 Å². The molecule has 0 saturated heterocycles. The largest absolute Gasteiger partial charge is 0.477 e. The second-order valence-electron chi connectivity index (χ2n) is 25.2. The number of esters is 2. The molecule has 2 atom stereocenters. The van der Waals surface area contributed by atoms with Gasteiger partial charge < -0.3 is 28.5 Å². The van der Waals surface area contributed by atoms with Gasteiger partial charge in [0.05, 0.1) is 34.4 Å². The first-order valence-corrected chi connectivity index (χ1v) is 35.0. The van der Waals surface area contributed by atoms with Gasteiger partial charge in [0, 0.05) is 12.8 Å². The van der Waals surface area contributed by atoms with Crippen molar-refractivity contribution in [1.29, 1.82) is 0 Å². The molecule has 0 aromatic carbocycles. The standard InChI is InChI=1S/C71H135NO8/c1-6-8-10-12-14-16-18-20-22-24-26-28-30-32-33-34-35-36-38-39-41-43-45-47-49-51-53-55-57-59-61-68(73)78-65-67(66-79-71(70(75)76)77-64-63-72(3,4)5)80-69(74)62-60-58-56-54-52-50-48-46-44-42-40-37-31-29-27-25-23-21-19-17-15-13-11-9-7-2/h19,21,25,27,67,71H,6-18,20,22-24,26,28-66H2,1-5H3/p+1/b21-19-,27-25-. The first kappa shape index (κ1) is 77.8. The van der Waals surface area contributed by atoms with Crippen molar-refractivity contribution in [2.24, 2.45) is 0 Å². The van der Waals surface area contributed by atoms with E-state index < -0.39 is 18.4 Å². The zero-order valence-corrected chi connectivity index (χ0v) is 54.0. The average Bonchev–Trinajstić information content (AvgIpc) is 3.43. The maximum Gasteiger partial charge on any atom is 0.361 e. The number of allylic oxidation sites excluding steroid dienone is 4. The number of ether oxygens (including phenoxy) is 4. The molecule has 2 unspecified atom stereocenters. The van der Waals surface area contributed by atoms with Crippen LogP contribution >= 0.6 is 0 Å². The van der Waals surface area contributed by atoms with Crippen LogP contribution in [0.15, 0.2) is 24.3 Å². The summed E-state index contributed by atoms with van der Waals surface area (Å²) in [6.45, 7) is 4.94. The molecule has 0 aromatic rings. The molecule has 472 valence electrons. The Hall–Kier alpha value is -2.23. The van der Waals surface area contributed by atoms with Gasteiger partial charge in [0.1, 0.15) is 13.2 Å². The molecule has 0 spiro atoms. The van der Waals surface area contributed by atoms with Gasteiger partial charge >= 0.3 is 17.9 Å². The predicted octanol–water partition coefficient (Wildman–Crippen LogP) is 21.4. The quantitative estimate of drug-likeness (QED) is 0.0211. The Labute approximate surface area is 497 Å². The summed E-state index contributed by atoms with van der Waals surface area (Å²) in [6.07, 6.45) is 74.4. The van der Waals surface area contributed by atoms with Crippen LogP contribution in [0.5, 0.6) is 0 Å². The van der Waals surface area contributed by atoms with Crippen LogP contribution in [0.25, 0.3) is 0 Å². The van der Waals surface area contributed by atoms with E-state index in [1.54, 1.807) is 0 Å². The third-order valence-electron chi connectivity index (χ3n) is 16.0. The first-order valence-electron chi connectivity index (χ1n) is 35.0. The number of aliphatic carboxylic acids is 1. The Kier molecular flexibility index (Phi) is 61.1. The van der Waals surface area contributed by atoms with Crippen LogP contribution in [-0.4, -0.2) is 87.4 Å². The minimum absolute atomic E-state index is 0.176. The molecular weight excluding hydrogens is 995 g/mol. The number of carboxylic acids is 1. The van der Waals surface area contributed by atoms with E-state index in [0.717, 1.165) is 44.9 Å². The van der Waals surface area contributed by atoms with Gasteiger partial charge in [-0.1, -0.05) is 321 Å². The molecular formula is C71H136NO8+. The number of unbranched alkanes of at least 4 members (excludes halogenated alkanes) is 47. The molecule has 0 radical (unpaired) electrons. The van der Waals surface area contributed by atoms with Gasteiger partial charge in [-0.3, -0.25) is 9.59 Å². The zero-order valence-electron chi connectivity index (χ0n) is 54.0. The molecule has 1 N–H and O–H groups in total. The first-order chi connectivity index (χ1) is 39.1. The molecule has 0 aliphatic carbocycles. The number of hydrogen-bond acceptors (Lipinski definition) is 7.